The lowest BCUT2D eigenvalue weighted by Gasteiger charge is -2.22. The number of aromatic nitrogens is 2. The fraction of sp³-hybridized carbons (Fsp3) is 0.308. The van der Waals surface area contributed by atoms with Gasteiger partial charge in [-0.25, -0.2) is 4.90 Å². The highest BCUT2D eigenvalue weighted by Crippen LogP contribution is 2.30. The van der Waals surface area contributed by atoms with Gasteiger partial charge in [-0.2, -0.15) is 5.10 Å². The predicted molar refractivity (Wildman–Crippen MR) is 71.5 cm³/mol. The maximum absolute atomic E-state index is 12.0. The number of aryl methyl sites for hydroxylation is 1. The normalized spacial score (nSPS) is 16.4. The van der Waals surface area contributed by atoms with Crippen LogP contribution in [0.25, 0.3) is 10.9 Å². The molecule has 1 aromatic heterocycles. The second-order valence-corrected chi connectivity index (χ2v) is 4.70. The average molecular weight is 258 g/mol. The highest BCUT2D eigenvalue weighted by atomic mass is 16.2. The van der Waals surface area contributed by atoms with Crippen LogP contribution >= 0.6 is 0 Å². The van der Waals surface area contributed by atoms with E-state index in [2.05, 4.69) is 5.10 Å². The van der Waals surface area contributed by atoms with Gasteiger partial charge in [-0.15, -0.1) is 0 Å². The summed E-state index contributed by atoms with van der Waals surface area (Å²) in [5.41, 5.74) is 7.18. The third-order valence-electron chi connectivity index (χ3n) is 3.35. The first-order valence-electron chi connectivity index (χ1n) is 6.16. The molecule has 1 saturated heterocycles. The maximum atomic E-state index is 12.0. The van der Waals surface area contributed by atoms with E-state index in [-0.39, 0.29) is 11.8 Å². The number of benzene rings is 1. The van der Waals surface area contributed by atoms with Crippen molar-refractivity contribution < 1.29 is 9.59 Å². The molecule has 1 aliphatic heterocycles. The second kappa shape index (κ2) is 4.08. The van der Waals surface area contributed by atoms with E-state index in [4.69, 9.17) is 5.73 Å². The number of fused-ring (bicyclic) bond motifs is 1. The molecule has 6 nitrogen and oxygen atoms in total. The Hall–Kier alpha value is -2.37. The van der Waals surface area contributed by atoms with Crippen LogP contribution in [-0.2, 0) is 16.6 Å². The Kier molecular flexibility index (Phi) is 2.51. The van der Waals surface area contributed by atoms with Crippen LogP contribution in [0.1, 0.15) is 19.3 Å². The Labute approximate surface area is 109 Å². The number of piperidine rings is 1. The van der Waals surface area contributed by atoms with Crippen LogP contribution in [0.2, 0.25) is 0 Å². The minimum Gasteiger partial charge on any atom is -0.399 e. The summed E-state index contributed by atoms with van der Waals surface area (Å²) in [6.07, 6.45) is 1.39. The molecule has 2 heterocycles. The molecule has 2 amide bonds. The highest BCUT2D eigenvalue weighted by Gasteiger charge is 2.30. The van der Waals surface area contributed by atoms with E-state index in [1.54, 1.807) is 29.9 Å². The van der Waals surface area contributed by atoms with Crippen molar-refractivity contribution in [3.63, 3.8) is 0 Å². The van der Waals surface area contributed by atoms with Gasteiger partial charge in [0.25, 0.3) is 0 Å². The molecular formula is C13H14N4O2. The molecule has 6 heteroatoms. The average Bonchev–Trinajstić information content (AvgIpc) is 2.66. The summed E-state index contributed by atoms with van der Waals surface area (Å²) in [6, 6.07) is 5.32. The minimum atomic E-state index is -0.187. The molecule has 2 N–H and O–H groups in total. The van der Waals surface area contributed by atoms with Crippen molar-refractivity contribution in [1.29, 1.82) is 0 Å². The van der Waals surface area contributed by atoms with Crippen LogP contribution in [0, 0.1) is 0 Å². The molecule has 0 spiro atoms. The monoisotopic (exact) mass is 258 g/mol. The van der Waals surface area contributed by atoms with E-state index in [1.807, 2.05) is 0 Å². The maximum Gasteiger partial charge on any atom is 0.235 e. The zero-order chi connectivity index (χ0) is 13.6. The number of carbonyl (C=O) groups excluding carboxylic acids is 2. The Bertz CT molecular complexity index is 673. The van der Waals surface area contributed by atoms with E-state index in [1.165, 1.54) is 4.90 Å². The van der Waals surface area contributed by atoms with Crippen molar-refractivity contribution in [1.82, 2.24) is 9.78 Å². The zero-order valence-corrected chi connectivity index (χ0v) is 10.6. The number of nitrogens with zero attached hydrogens (tertiary/aromatic N) is 3. The minimum absolute atomic E-state index is 0.187. The molecule has 98 valence electrons. The number of hydrogen-bond donors (Lipinski definition) is 1. The lowest BCUT2D eigenvalue weighted by Crippen LogP contribution is -2.40. The molecule has 0 bridgehead atoms. The van der Waals surface area contributed by atoms with E-state index in [9.17, 15) is 9.59 Å². The number of hydrogen-bond acceptors (Lipinski definition) is 4. The SMILES string of the molecule is Cn1nc(N2C(=O)CCCC2=O)c2ccc(N)cc21. The van der Waals surface area contributed by atoms with Gasteiger partial charge in [0.1, 0.15) is 0 Å². The molecule has 0 saturated carbocycles. The molecule has 0 radical (unpaired) electrons. The quantitative estimate of drug-likeness (QED) is 0.615. The number of rotatable bonds is 1. The first-order chi connectivity index (χ1) is 9.08. The summed E-state index contributed by atoms with van der Waals surface area (Å²) in [5, 5.41) is 5.06. The molecule has 1 aliphatic rings. The summed E-state index contributed by atoms with van der Waals surface area (Å²) in [4.78, 5) is 25.1. The lowest BCUT2D eigenvalue weighted by atomic mass is 10.1. The number of carbonyl (C=O) groups is 2. The van der Waals surface area contributed by atoms with Crippen molar-refractivity contribution in [2.45, 2.75) is 19.3 Å². The summed E-state index contributed by atoms with van der Waals surface area (Å²) >= 11 is 0. The summed E-state index contributed by atoms with van der Waals surface area (Å²) < 4.78 is 1.64. The van der Waals surface area contributed by atoms with Crippen molar-refractivity contribution in [3.8, 4) is 0 Å². The molecule has 0 unspecified atom stereocenters. The Morgan fingerprint density at radius 3 is 2.58 bits per heavy atom. The number of amides is 2. The first-order valence-corrected chi connectivity index (χ1v) is 6.16. The largest absolute Gasteiger partial charge is 0.399 e. The highest BCUT2D eigenvalue weighted by molar-refractivity contribution is 6.19. The van der Waals surface area contributed by atoms with Gasteiger partial charge in [0.05, 0.1) is 5.52 Å². The third kappa shape index (κ3) is 1.76. The fourth-order valence-corrected chi connectivity index (χ4v) is 2.41. The van der Waals surface area contributed by atoms with E-state index < -0.39 is 0 Å². The van der Waals surface area contributed by atoms with Crippen LogP contribution in [0.4, 0.5) is 11.5 Å². The van der Waals surface area contributed by atoms with Gasteiger partial charge in [-0.3, -0.25) is 14.3 Å². The molecule has 3 rings (SSSR count). The molecular weight excluding hydrogens is 244 g/mol. The second-order valence-electron chi connectivity index (χ2n) is 4.70. The summed E-state index contributed by atoms with van der Waals surface area (Å²) in [5.74, 6) is 0.0355. The molecule has 2 aromatic rings. The van der Waals surface area contributed by atoms with Crippen molar-refractivity contribution in [3.05, 3.63) is 18.2 Å². The Morgan fingerprint density at radius 2 is 1.89 bits per heavy atom. The molecule has 1 aromatic carbocycles. The van der Waals surface area contributed by atoms with Gasteiger partial charge in [0.15, 0.2) is 5.82 Å². The molecule has 0 atom stereocenters. The van der Waals surface area contributed by atoms with Gasteiger partial charge in [0.2, 0.25) is 11.8 Å². The van der Waals surface area contributed by atoms with Crippen LogP contribution in [0.5, 0.6) is 0 Å². The van der Waals surface area contributed by atoms with E-state index in [0.717, 1.165) is 10.9 Å². The standard InChI is InChI=1S/C13H14N4O2/c1-16-10-7-8(14)5-6-9(10)13(15-16)17-11(18)3-2-4-12(17)19/h5-7H,2-4,14H2,1H3. The number of imide groups is 1. The Balaban J connectivity index is 2.20. The molecule has 0 aliphatic carbocycles. The van der Waals surface area contributed by atoms with Gasteiger partial charge >= 0.3 is 0 Å². The van der Waals surface area contributed by atoms with Crippen molar-refractivity contribution in [2.24, 2.45) is 7.05 Å². The van der Waals surface area contributed by atoms with Crippen molar-refractivity contribution in [2.75, 3.05) is 10.6 Å². The summed E-state index contributed by atoms with van der Waals surface area (Å²) in [6.45, 7) is 0. The number of nitrogens with two attached hydrogens (primary N) is 1. The van der Waals surface area contributed by atoms with Gasteiger partial charge in [0, 0.05) is 31.0 Å². The van der Waals surface area contributed by atoms with E-state index in [0.29, 0.717) is 30.8 Å². The van der Waals surface area contributed by atoms with Crippen LogP contribution < -0.4 is 10.6 Å². The van der Waals surface area contributed by atoms with Crippen LogP contribution in [-0.4, -0.2) is 21.6 Å². The van der Waals surface area contributed by atoms with Crippen LogP contribution in [0.3, 0.4) is 0 Å². The third-order valence-corrected chi connectivity index (χ3v) is 3.35. The van der Waals surface area contributed by atoms with Crippen LogP contribution in [0.15, 0.2) is 18.2 Å². The van der Waals surface area contributed by atoms with Gasteiger partial charge in [-0.05, 0) is 24.6 Å². The first kappa shape index (κ1) is 11.7. The zero-order valence-electron chi connectivity index (χ0n) is 10.6. The molecule has 1 fully saturated rings. The van der Waals surface area contributed by atoms with Gasteiger partial charge in [-0.1, -0.05) is 0 Å². The topological polar surface area (TPSA) is 81.2 Å². The predicted octanol–water partition coefficient (Wildman–Crippen LogP) is 1.20. The summed E-state index contributed by atoms with van der Waals surface area (Å²) in [7, 11) is 1.77. The Morgan fingerprint density at radius 1 is 1.21 bits per heavy atom. The van der Waals surface area contributed by atoms with Crippen molar-refractivity contribution >= 4 is 34.2 Å². The lowest BCUT2D eigenvalue weighted by molar-refractivity contribution is -0.129. The number of anilines is 2. The fourth-order valence-electron chi connectivity index (χ4n) is 2.41. The van der Waals surface area contributed by atoms with Gasteiger partial charge < -0.3 is 5.73 Å². The molecule has 19 heavy (non-hydrogen) atoms. The van der Waals surface area contributed by atoms with E-state index >= 15 is 0 Å². The number of nitrogen functional groups attached to an aromatic ring is 1. The smallest absolute Gasteiger partial charge is 0.235 e.